The lowest BCUT2D eigenvalue weighted by Gasteiger charge is -2.22. The molecule has 0 radical (unpaired) electrons. The average Bonchev–Trinajstić information content (AvgIpc) is 3.41. The lowest BCUT2D eigenvalue weighted by Crippen LogP contribution is -2.50. The molecule has 0 saturated heterocycles. The number of hydrogen-bond donors (Lipinski definition) is 4. The summed E-state index contributed by atoms with van der Waals surface area (Å²) < 4.78 is 5.87. The number of para-hydroxylation sites is 1. The van der Waals surface area contributed by atoms with Gasteiger partial charge in [0.05, 0.1) is 17.2 Å². The van der Waals surface area contributed by atoms with Gasteiger partial charge in [-0.15, -0.1) is 11.3 Å². The summed E-state index contributed by atoms with van der Waals surface area (Å²) in [6, 6.07) is 14.5. The zero-order valence-electron chi connectivity index (χ0n) is 23.7. The van der Waals surface area contributed by atoms with Crippen LogP contribution in [-0.4, -0.2) is 60.4 Å². The van der Waals surface area contributed by atoms with Crippen molar-refractivity contribution < 1.29 is 23.9 Å². The molecule has 1 aliphatic rings. The number of fused-ring (bicyclic) bond motifs is 1. The third-order valence-electron chi connectivity index (χ3n) is 6.76. The minimum Gasteiger partial charge on any atom is -0.493 e. The fraction of sp³-hybridized carbons (Fsp3) is 0.387. The molecule has 4 amide bonds. The minimum absolute atomic E-state index is 0.0534. The van der Waals surface area contributed by atoms with E-state index in [0.717, 1.165) is 22.7 Å². The van der Waals surface area contributed by atoms with Crippen molar-refractivity contribution in [3.8, 4) is 5.75 Å². The Morgan fingerprint density at radius 1 is 1.07 bits per heavy atom. The molecule has 4 rings (SSSR count). The van der Waals surface area contributed by atoms with Gasteiger partial charge in [-0.05, 0) is 43.9 Å². The van der Waals surface area contributed by atoms with E-state index in [2.05, 4.69) is 26.3 Å². The molecule has 2 aromatic carbocycles. The van der Waals surface area contributed by atoms with E-state index in [0.29, 0.717) is 38.1 Å². The van der Waals surface area contributed by atoms with Crippen LogP contribution in [0.1, 0.15) is 52.3 Å². The largest absolute Gasteiger partial charge is 0.493 e. The number of carbonyl (C=O) groups excluding carboxylic acids is 4. The maximum absolute atomic E-state index is 13.3. The van der Waals surface area contributed by atoms with Crippen LogP contribution in [0.4, 0.5) is 0 Å². The number of aromatic nitrogens is 1. The van der Waals surface area contributed by atoms with Crippen LogP contribution >= 0.6 is 11.3 Å². The quantitative estimate of drug-likeness (QED) is 0.312. The summed E-state index contributed by atoms with van der Waals surface area (Å²) in [5.74, 6) is -1.15. The first-order valence-electron chi connectivity index (χ1n) is 14.2. The van der Waals surface area contributed by atoms with Gasteiger partial charge in [0.25, 0.3) is 5.91 Å². The lowest BCUT2D eigenvalue weighted by atomic mass is 10.0. The number of ether oxygens (including phenoxy) is 1. The van der Waals surface area contributed by atoms with Gasteiger partial charge in [-0.1, -0.05) is 42.5 Å². The van der Waals surface area contributed by atoms with Crippen molar-refractivity contribution >= 4 is 35.0 Å². The Hall–Kier alpha value is -4.25. The highest BCUT2D eigenvalue weighted by Gasteiger charge is 2.26. The summed E-state index contributed by atoms with van der Waals surface area (Å²) in [5.41, 5.74) is 2.17. The number of thiazole rings is 1. The Bertz CT molecular complexity index is 1360. The predicted molar refractivity (Wildman–Crippen MR) is 160 cm³/mol. The fourth-order valence-electron chi connectivity index (χ4n) is 4.57. The summed E-state index contributed by atoms with van der Waals surface area (Å²) in [6.07, 6.45) is 2.23. The standard InChI is InChI=1S/C31H37N5O5S/c1-21-20-42-28(34-21)13-7-16-32-30(39)24-14-15-27(37)35-25(19-22-9-3-2-4-10-22)31(40)33-17-8-18-41-26-12-6-5-11-23(26)29(38)36-24/h2-6,9-12,20,24-25H,7-8,13-19H2,1H3,(H,32,39)(H,33,40)(H,35,37)(H,36,38)/t24-,25-/m0/s1. The molecule has 0 fully saturated rings. The maximum Gasteiger partial charge on any atom is 0.255 e. The monoisotopic (exact) mass is 591 g/mol. The number of aryl methyl sites for hydroxylation is 2. The van der Waals surface area contributed by atoms with E-state index >= 15 is 0 Å². The number of nitrogens with zero attached hydrogens (tertiary/aromatic N) is 1. The van der Waals surface area contributed by atoms with E-state index in [-0.39, 0.29) is 42.7 Å². The zero-order chi connectivity index (χ0) is 29.7. The normalized spacial score (nSPS) is 18.5. The van der Waals surface area contributed by atoms with E-state index in [9.17, 15) is 19.2 Å². The molecule has 0 aliphatic carbocycles. The molecule has 0 bridgehead atoms. The first kappa shape index (κ1) is 30.7. The molecule has 3 aromatic rings. The molecule has 222 valence electrons. The predicted octanol–water partition coefficient (Wildman–Crippen LogP) is 2.71. The molecule has 2 heterocycles. The second kappa shape index (κ2) is 15.7. The number of rotatable bonds is 7. The second-order valence-electron chi connectivity index (χ2n) is 10.1. The van der Waals surface area contributed by atoms with Crippen molar-refractivity contribution in [1.29, 1.82) is 0 Å². The Kier molecular flexibility index (Phi) is 11.5. The van der Waals surface area contributed by atoms with Crippen LogP contribution in [0.25, 0.3) is 0 Å². The van der Waals surface area contributed by atoms with Crippen molar-refractivity contribution in [2.45, 2.75) is 57.5 Å². The Morgan fingerprint density at radius 3 is 2.64 bits per heavy atom. The summed E-state index contributed by atoms with van der Waals surface area (Å²) >= 11 is 1.58. The van der Waals surface area contributed by atoms with Crippen molar-refractivity contribution in [3.63, 3.8) is 0 Å². The van der Waals surface area contributed by atoms with Crippen LogP contribution in [0, 0.1) is 6.92 Å². The first-order chi connectivity index (χ1) is 20.4. The molecule has 10 nitrogen and oxygen atoms in total. The van der Waals surface area contributed by atoms with Gasteiger partial charge >= 0.3 is 0 Å². The average molecular weight is 592 g/mol. The number of hydrogen-bond acceptors (Lipinski definition) is 7. The molecule has 0 unspecified atom stereocenters. The van der Waals surface area contributed by atoms with Crippen LogP contribution in [0.15, 0.2) is 60.0 Å². The fourth-order valence-corrected chi connectivity index (χ4v) is 5.39. The molecule has 11 heteroatoms. The molecule has 42 heavy (non-hydrogen) atoms. The first-order valence-corrected chi connectivity index (χ1v) is 15.1. The molecule has 4 N–H and O–H groups in total. The van der Waals surface area contributed by atoms with Crippen LogP contribution in [-0.2, 0) is 27.2 Å². The summed E-state index contributed by atoms with van der Waals surface area (Å²) in [6.45, 7) is 2.95. The highest BCUT2D eigenvalue weighted by Crippen LogP contribution is 2.19. The van der Waals surface area contributed by atoms with E-state index in [4.69, 9.17) is 4.74 Å². The third-order valence-corrected chi connectivity index (χ3v) is 7.79. The third kappa shape index (κ3) is 9.41. The molecule has 0 spiro atoms. The second-order valence-corrected chi connectivity index (χ2v) is 11.1. The van der Waals surface area contributed by atoms with Crippen molar-refractivity contribution in [2.24, 2.45) is 0 Å². The topological polar surface area (TPSA) is 139 Å². The number of nitrogens with one attached hydrogen (secondary N) is 4. The van der Waals surface area contributed by atoms with Gasteiger partial charge in [-0.2, -0.15) is 0 Å². The molecular formula is C31H37N5O5S. The summed E-state index contributed by atoms with van der Waals surface area (Å²) in [5, 5.41) is 14.4. The van der Waals surface area contributed by atoms with Gasteiger partial charge in [0, 0.05) is 43.4 Å². The van der Waals surface area contributed by atoms with E-state index in [1.165, 1.54) is 0 Å². The van der Waals surface area contributed by atoms with Gasteiger partial charge in [-0.3, -0.25) is 19.2 Å². The summed E-state index contributed by atoms with van der Waals surface area (Å²) in [7, 11) is 0. The molecule has 1 aliphatic heterocycles. The maximum atomic E-state index is 13.3. The van der Waals surface area contributed by atoms with Crippen molar-refractivity contribution in [2.75, 3.05) is 19.7 Å². The number of benzene rings is 2. The highest BCUT2D eigenvalue weighted by atomic mass is 32.1. The molecule has 2 atom stereocenters. The number of amides is 4. The van der Waals surface area contributed by atoms with Crippen LogP contribution in [0.3, 0.4) is 0 Å². The van der Waals surface area contributed by atoms with Gasteiger partial charge in [0.2, 0.25) is 17.7 Å². The van der Waals surface area contributed by atoms with Gasteiger partial charge in [0.1, 0.15) is 17.8 Å². The van der Waals surface area contributed by atoms with Crippen molar-refractivity contribution in [1.82, 2.24) is 26.3 Å². The molecule has 1 aromatic heterocycles. The Balaban J connectivity index is 1.46. The van der Waals surface area contributed by atoms with Gasteiger partial charge in [0.15, 0.2) is 0 Å². The molecular weight excluding hydrogens is 554 g/mol. The van der Waals surface area contributed by atoms with E-state index in [1.54, 1.807) is 35.6 Å². The molecule has 0 saturated carbocycles. The minimum atomic E-state index is -0.965. The zero-order valence-corrected chi connectivity index (χ0v) is 24.5. The van der Waals surface area contributed by atoms with Crippen LogP contribution < -0.4 is 26.0 Å². The Labute approximate surface area is 249 Å². The van der Waals surface area contributed by atoms with Crippen molar-refractivity contribution in [3.05, 3.63) is 81.8 Å². The van der Waals surface area contributed by atoms with E-state index < -0.39 is 18.0 Å². The number of carbonyl (C=O) groups is 4. The van der Waals surface area contributed by atoms with Gasteiger partial charge < -0.3 is 26.0 Å². The Morgan fingerprint density at radius 2 is 1.86 bits per heavy atom. The highest BCUT2D eigenvalue weighted by molar-refractivity contribution is 7.09. The van der Waals surface area contributed by atoms with Gasteiger partial charge in [-0.25, -0.2) is 4.98 Å². The van der Waals surface area contributed by atoms with Crippen LogP contribution in [0.5, 0.6) is 5.75 Å². The van der Waals surface area contributed by atoms with E-state index in [1.807, 2.05) is 42.6 Å². The lowest BCUT2D eigenvalue weighted by molar-refractivity contribution is -0.129. The SMILES string of the molecule is Cc1csc(CCCNC(=O)[C@@H]2CCC(=O)N[C@@H](Cc3ccccc3)C(=O)NCCCOc3ccccc3C(=O)N2)n1. The summed E-state index contributed by atoms with van der Waals surface area (Å²) in [4.78, 5) is 57.0. The smallest absolute Gasteiger partial charge is 0.255 e. The van der Waals surface area contributed by atoms with Crippen LogP contribution in [0.2, 0.25) is 0 Å².